The molecule has 1 atom stereocenters. The van der Waals surface area contributed by atoms with E-state index in [-0.39, 0.29) is 24.0 Å². The summed E-state index contributed by atoms with van der Waals surface area (Å²) in [6.07, 6.45) is 7.85. The summed E-state index contributed by atoms with van der Waals surface area (Å²) in [4.78, 5) is 44.8. The minimum absolute atomic E-state index is 0.0469. The Kier molecular flexibility index (Phi) is 11.5. The molecule has 50 heavy (non-hydrogen) atoms. The highest BCUT2D eigenvalue weighted by atomic mass is 16.3. The Morgan fingerprint density at radius 1 is 0.760 bits per heavy atom. The molecule has 6 rings (SSSR count). The van der Waals surface area contributed by atoms with Gasteiger partial charge in [0.25, 0.3) is 5.91 Å². The molecular weight excluding hydrogens is 624 g/mol. The van der Waals surface area contributed by atoms with Gasteiger partial charge in [0.2, 0.25) is 11.8 Å². The molecular formula is C42H44N4O4. The van der Waals surface area contributed by atoms with Crippen molar-refractivity contribution in [2.24, 2.45) is 5.92 Å². The second-order valence-corrected chi connectivity index (χ2v) is 13.1. The van der Waals surface area contributed by atoms with E-state index in [1.165, 1.54) is 19.3 Å². The molecule has 1 heterocycles. The number of hydrogen-bond acceptors (Lipinski definition) is 5. The highest BCUT2D eigenvalue weighted by Gasteiger charge is 2.26. The first-order valence-electron chi connectivity index (χ1n) is 17.6. The normalized spacial score (nSPS) is 13.9. The smallest absolute Gasteiger partial charge is 0.251 e. The molecule has 5 aromatic rings. The third-order valence-electron chi connectivity index (χ3n) is 9.60. The van der Waals surface area contributed by atoms with Crippen molar-refractivity contribution in [3.63, 3.8) is 0 Å². The first-order valence-corrected chi connectivity index (χ1v) is 17.6. The highest BCUT2D eigenvalue weighted by molar-refractivity contribution is 6.00. The third kappa shape index (κ3) is 8.94. The molecule has 1 saturated carbocycles. The molecule has 8 heteroatoms. The quantitative estimate of drug-likeness (QED) is 0.106. The number of amides is 3. The number of phenols is 1. The number of carbonyl (C=O) groups is 3. The van der Waals surface area contributed by atoms with Crippen LogP contribution in [-0.4, -0.2) is 46.9 Å². The first-order chi connectivity index (χ1) is 24.4. The number of rotatable bonds is 13. The lowest BCUT2D eigenvalue weighted by Gasteiger charge is -2.23. The topological polar surface area (TPSA) is 120 Å². The molecule has 4 aromatic carbocycles. The van der Waals surface area contributed by atoms with Gasteiger partial charge in [0.1, 0.15) is 17.3 Å². The number of phenolic OH excluding ortho intramolecular Hbond substituents is 1. The van der Waals surface area contributed by atoms with Gasteiger partial charge in [-0.2, -0.15) is 0 Å². The Bertz CT molecular complexity index is 1870. The van der Waals surface area contributed by atoms with Gasteiger partial charge >= 0.3 is 0 Å². The lowest BCUT2D eigenvalue weighted by Crippen LogP contribution is -2.49. The summed E-state index contributed by atoms with van der Waals surface area (Å²) in [5.41, 5.74) is 4.58. The van der Waals surface area contributed by atoms with Gasteiger partial charge in [-0.1, -0.05) is 98.1 Å². The molecule has 4 N–H and O–H groups in total. The van der Waals surface area contributed by atoms with E-state index in [0.29, 0.717) is 36.5 Å². The summed E-state index contributed by atoms with van der Waals surface area (Å²) in [5.74, 6) is -0.588. The summed E-state index contributed by atoms with van der Waals surface area (Å²) >= 11 is 0. The van der Waals surface area contributed by atoms with Crippen LogP contribution in [0.5, 0.6) is 5.75 Å². The van der Waals surface area contributed by atoms with E-state index >= 15 is 0 Å². The van der Waals surface area contributed by atoms with Crippen LogP contribution in [0.15, 0.2) is 115 Å². The van der Waals surface area contributed by atoms with Gasteiger partial charge in [0.05, 0.1) is 6.42 Å². The minimum Gasteiger partial charge on any atom is -0.506 e. The molecule has 3 amide bonds. The van der Waals surface area contributed by atoms with Crippen LogP contribution in [0, 0.1) is 5.92 Å². The van der Waals surface area contributed by atoms with Crippen LogP contribution in [0.2, 0.25) is 0 Å². The Morgan fingerprint density at radius 3 is 2.20 bits per heavy atom. The molecule has 0 bridgehead atoms. The number of aromatic hydroxyl groups is 1. The summed E-state index contributed by atoms with van der Waals surface area (Å²) in [5, 5.41) is 20.3. The Labute approximate surface area is 293 Å². The number of nitrogens with zero attached hydrogens (tertiary/aromatic N) is 1. The SMILES string of the molecule is O=C(CC(NC(=O)c1cccc(-c2cc(O)c3ncccc3c2)c1)C(=O)NCCC(c1ccccc1)c1ccccc1)NCC1CCCCC1. The molecule has 1 fully saturated rings. The van der Waals surface area contributed by atoms with Gasteiger partial charge in [0, 0.05) is 36.2 Å². The molecule has 0 saturated heterocycles. The van der Waals surface area contributed by atoms with Crippen LogP contribution in [0.4, 0.5) is 0 Å². The number of pyridine rings is 1. The van der Waals surface area contributed by atoms with E-state index in [0.717, 1.165) is 40.5 Å². The van der Waals surface area contributed by atoms with Crippen molar-refractivity contribution in [1.82, 2.24) is 20.9 Å². The van der Waals surface area contributed by atoms with Crippen molar-refractivity contribution in [3.05, 3.63) is 132 Å². The van der Waals surface area contributed by atoms with Crippen molar-refractivity contribution in [2.75, 3.05) is 13.1 Å². The zero-order valence-corrected chi connectivity index (χ0v) is 28.2. The van der Waals surface area contributed by atoms with Gasteiger partial charge in [-0.25, -0.2) is 0 Å². The van der Waals surface area contributed by atoms with Gasteiger partial charge < -0.3 is 21.1 Å². The van der Waals surface area contributed by atoms with Crippen LogP contribution in [-0.2, 0) is 9.59 Å². The largest absolute Gasteiger partial charge is 0.506 e. The van der Waals surface area contributed by atoms with Crippen LogP contribution in [0.25, 0.3) is 22.0 Å². The molecule has 1 aliphatic rings. The molecule has 256 valence electrons. The van der Waals surface area contributed by atoms with Crippen molar-refractivity contribution < 1.29 is 19.5 Å². The zero-order valence-electron chi connectivity index (χ0n) is 28.2. The third-order valence-corrected chi connectivity index (χ3v) is 9.60. The molecule has 0 spiro atoms. The first kappa shape index (κ1) is 34.4. The number of fused-ring (bicyclic) bond motifs is 1. The fourth-order valence-corrected chi connectivity index (χ4v) is 6.90. The highest BCUT2D eigenvalue weighted by Crippen LogP contribution is 2.31. The van der Waals surface area contributed by atoms with Crippen molar-refractivity contribution >= 4 is 28.6 Å². The monoisotopic (exact) mass is 668 g/mol. The van der Waals surface area contributed by atoms with Crippen LogP contribution in [0.3, 0.4) is 0 Å². The van der Waals surface area contributed by atoms with Crippen LogP contribution < -0.4 is 16.0 Å². The van der Waals surface area contributed by atoms with E-state index in [1.807, 2.05) is 54.6 Å². The number of hydrogen-bond donors (Lipinski definition) is 4. The number of benzene rings is 4. The summed E-state index contributed by atoms with van der Waals surface area (Å²) < 4.78 is 0. The van der Waals surface area contributed by atoms with Crippen molar-refractivity contribution in [1.29, 1.82) is 0 Å². The summed E-state index contributed by atoms with van der Waals surface area (Å²) in [6.45, 7) is 0.937. The molecule has 8 nitrogen and oxygen atoms in total. The second-order valence-electron chi connectivity index (χ2n) is 13.1. The number of nitrogens with one attached hydrogen (secondary N) is 3. The van der Waals surface area contributed by atoms with E-state index in [2.05, 4.69) is 45.2 Å². The molecule has 1 unspecified atom stereocenters. The van der Waals surface area contributed by atoms with E-state index in [1.54, 1.807) is 36.5 Å². The Hall–Kier alpha value is -5.50. The summed E-state index contributed by atoms with van der Waals surface area (Å²) in [6, 6.07) is 33.5. The molecule has 0 aliphatic heterocycles. The van der Waals surface area contributed by atoms with Gasteiger partial charge in [-0.3, -0.25) is 19.4 Å². The average molecular weight is 669 g/mol. The number of aromatic nitrogens is 1. The van der Waals surface area contributed by atoms with Gasteiger partial charge in [0.15, 0.2) is 0 Å². The maximum atomic E-state index is 13.7. The standard InChI is InChI=1S/C42H44N4O4/c47-38-26-35(25-33-20-11-22-43-40(33)38)32-18-10-19-34(24-32)41(49)46-37(27-39(48)45-28-29-12-4-1-5-13-29)42(50)44-23-21-36(30-14-6-2-7-15-30)31-16-8-3-9-17-31/h2-3,6-11,14-20,22,24-26,29,36-37,47H,1,4-5,12-13,21,23,27-28H2,(H,44,50)(H,45,48)(H,46,49). The molecule has 1 aliphatic carbocycles. The van der Waals surface area contributed by atoms with Gasteiger partial charge in [-0.05, 0) is 77.8 Å². The maximum Gasteiger partial charge on any atom is 0.251 e. The summed E-state index contributed by atoms with van der Waals surface area (Å²) in [7, 11) is 0. The molecule has 1 aromatic heterocycles. The number of carbonyl (C=O) groups excluding carboxylic acids is 3. The van der Waals surface area contributed by atoms with E-state index in [4.69, 9.17) is 0 Å². The van der Waals surface area contributed by atoms with Crippen LogP contribution in [0.1, 0.15) is 72.3 Å². The van der Waals surface area contributed by atoms with E-state index in [9.17, 15) is 19.5 Å². The second kappa shape index (κ2) is 16.7. The van der Waals surface area contributed by atoms with Crippen LogP contribution >= 0.6 is 0 Å². The average Bonchev–Trinajstić information content (AvgIpc) is 3.16. The zero-order chi connectivity index (χ0) is 34.7. The van der Waals surface area contributed by atoms with E-state index < -0.39 is 17.9 Å². The van der Waals surface area contributed by atoms with Crippen molar-refractivity contribution in [2.45, 2.75) is 56.9 Å². The minimum atomic E-state index is -1.07. The predicted molar refractivity (Wildman–Crippen MR) is 197 cm³/mol. The lowest BCUT2D eigenvalue weighted by atomic mass is 9.88. The Balaban J connectivity index is 1.16. The van der Waals surface area contributed by atoms with Crippen molar-refractivity contribution in [3.8, 4) is 16.9 Å². The maximum absolute atomic E-state index is 13.7. The Morgan fingerprint density at radius 2 is 1.48 bits per heavy atom. The fraction of sp³-hybridized carbons (Fsp3) is 0.286. The fourth-order valence-electron chi connectivity index (χ4n) is 6.90. The lowest BCUT2D eigenvalue weighted by molar-refractivity contribution is -0.128. The van der Waals surface area contributed by atoms with Gasteiger partial charge in [-0.15, -0.1) is 0 Å². The molecule has 0 radical (unpaired) electrons. The predicted octanol–water partition coefficient (Wildman–Crippen LogP) is 7.13.